The first kappa shape index (κ1) is 19.0. The van der Waals surface area contributed by atoms with Gasteiger partial charge in [0.15, 0.2) is 11.5 Å². The van der Waals surface area contributed by atoms with Crippen molar-refractivity contribution in [3.05, 3.63) is 59.2 Å². The Balaban J connectivity index is 1.29. The van der Waals surface area contributed by atoms with Crippen LogP contribution in [0.4, 0.5) is 0 Å². The molecule has 4 saturated carbocycles. The lowest BCUT2D eigenvalue weighted by Gasteiger charge is -2.54. The summed E-state index contributed by atoms with van der Waals surface area (Å²) >= 11 is 0. The Morgan fingerprint density at radius 2 is 1.59 bits per heavy atom. The van der Waals surface area contributed by atoms with E-state index in [0.29, 0.717) is 12.6 Å². The van der Waals surface area contributed by atoms with E-state index in [2.05, 4.69) is 48.6 Å². The number of methoxy groups -OCH3 is 1. The van der Waals surface area contributed by atoms with Gasteiger partial charge in [0.1, 0.15) is 6.61 Å². The van der Waals surface area contributed by atoms with Gasteiger partial charge in [-0.05, 0) is 74.3 Å². The molecule has 0 atom stereocenters. The molecule has 6 rings (SSSR count). The molecule has 0 aliphatic heterocycles. The quantitative estimate of drug-likeness (QED) is 0.676. The van der Waals surface area contributed by atoms with Crippen LogP contribution >= 0.6 is 0 Å². The molecule has 2 aromatic carbocycles. The van der Waals surface area contributed by atoms with E-state index >= 15 is 0 Å². The molecule has 0 heterocycles. The SMILES string of the molecule is COc1cccc(CNC2C3CC4CC(C3)CC2C4)c1OCc1ccc(C)cc1. The summed E-state index contributed by atoms with van der Waals surface area (Å²) in [5.41, 5.74) is 3.65. The Hall–Kier alpha value is -2.00. The maximum atomic E-state index is 6.28. The van der Waals surface area contributed by atoms with Gasteiger partial charge in [0, 0.05) is 18.2 Å². The van der Waals surface area contributed by atoms with E-state index in [1.165, 1.54) is 48.8 Å². The fraction of sp³-hybridized carbons (Fsp3) is 0.538. The molecule has 4 aliphatic rings. The minimum Gasteiger partial charge on any atom is -0.493 e. The number of rotatable bonds is 7. The van der Waals surface area contributed by atoms with Crippen molar-refractivity contribution in [1.82, 2.24) is 5.32 Å². The number of benzene rings is 2. The third kappa shape index (κ3) is 3.90. The van der Waals surface area contributed by atoms with E-state index in [1.54, 1.807) is 7.11 Å². The third-order valence-electron chi connectivity index (χ3n) is 7.54. The van der Waals surface area contributed by atoms with Crippen LogP contribution in [0.25, 0.3) is 0 Å². The van der Waals surface area contributed by atoms with Crippen molar-refractivity contribution in [3.63, 3.8) is 0 Å². The van der Waals surface area contributed by atoms with Crippen molar-refractivity contribution in [2.45, 2.75) is 58.2 Å². The highest BCUT2D eigenvalue weighted by molar-refractivity contribution is 5.46. The summed E-state index contributed by atoms with van der Waals surface area (Å²) in [7, 11) is 1.73. The topological polar surface area (TPSA) is 30.5 Å². The first-order valence-electron chi connectivity index (χ1n) is 11.3. The predicted octanol–water partition coefficient (Wildman–Crippen LogP) is 5.50. The minimum atomic E-state index is 0.561. The molecule has 0 unspecified atom stereocenters. The van der Waals surface area contributed by atoms with E-state index in [4.69, 9.17) is 9.47 Å². The molecule has 2 aromatic rings. The highest BCUT2D eigenvalue weighted by Gasteiger charge is 2.47. The van der Waals surface area contributed by atoms with E-state index in [1.807, 2.05) is 6.07 Å². The highest BCUT2D eigenvalue weighted by atomic mass is 16.5. The predicted molar refractivity (Wildman–Crippen MR) is 116 cm³/mol. The van der Waals surface area contributed by atoms with Crippen molar-refractivity contribution in [3.8, 4) is 11.5 Å². The Bertz CT molecular complexity index is 816. The van der Waals surface area contributed by atoms with Crippen molar-refractivity contribution in [2.24, 2.45) is 23.7 Å². The zero-order valence-corrected chi connectivity index (χ0v) is 17.7. The lowest BCUT2D eigenvalue weighted by Crippen LogP contribution is -2.54. The fourth-order valence-electron chi connectivity index (χ4n) is 6.35. The van der Waals surface area contributed by atoms with Crippen LogP contribution < -0.4 is 14.8 Å². The number of nitrogens with one attached hydrogen (secondary N) is 1. The van der Waals surface area contributed by atoms with Crippen LogP contribution in [0.2, 0.25) is 0 Å². The molecule has 29 heavy (non-hydrogen) atoms. The maximum absolute atomic E-state index is 6.28. The van der Waals surface area contributed by atoms with Crippen molar-refractivity contribution < 1.29 is 9.47 Å². The van der Waals surface area contributed by atoms with Crippen LogP contribution in [-0.4, -0.2) is 13.2 Å². The van der Waals surface area contributed by atoms with Gasteiger partial charge in [-0.25, -0.2) is 0 Å². The Kier molecular flexibility index (Phi) is 5.26. The van der Waals surface area contributed by atoms with Gasteiger partial charge in [-0.1, -0.05) is 42.0 Å². The number of para-hydroxylation sites is 1. The molecular weight excluding hydrogens is 358 g/mol. The number of aryl methyl sites for hydroxylation is 1. The standard InChI is InChI=1S/C26H33NO2/c1-17-6-8-18(9-7-17)16-29-26-21(4-3-5-24(26)28-2)15-27-25-22-11-19-10-20(13-22)14-23(25)12-19/h3-9,19-20,22-23,25,27H,10-16H2,1-2H3. The van der Waals surface area contributed by atoms with E-state index in [0.717, 1.165) is 41.7 Å². The van der Waals surface area contributed by atoms with Crippen LogP contribution in [0.5, 0.6) is 11.5 Å². The molecule has 0 spiro atoms. The van der Waals surface area contributed by atoms with Crippen LogP contribution in [0.1, 0.15) is 48.8 Å². The van der Waals surface area contributed by atoms with Gasteiger partial charge in [-0.15, -0.1) is 0 Å². The lowest BCUT2D eigenvalue weighted by atomic mass is 9.54. The monoisotopic (exact) mass is 391 g/mol. The molecule has 0 radical (unpaired) electrons. The molecule has 4 aliphatic carbocycles. The Morgan fingerprint density at radius 1 is 0.897 bits per heavy atom. The second-order valence-electron chi connectivity index (χ2n) is 9.56. The lowest BCUT2D eigenvalue weighted by molar-refractivity contribution is -0.0143. The molecule has 4 fully saturated rings. The van der Waals surface area contributed by atoms with Crippen LogP contribution in [0.15, 0.2) is 42.5 Å². The van der Waals surface area contributed by atoms with Gasteiger partial charge in [0.2, 0.25) is 0 Å². The van der Waals surface area contributed by atoms with Crippen LogP contribution in [0.3, 0.4) is 0 Å². The van der Waals surface area contributed by atoms with Gasteiger partial charge in [0.05, 0.1) is 7.11 Å². The molecule has 4 bridgehead atoms. The molecule has 154 valence electrons. The number of hydrogen-bond acceptors (Lipinski definition) is 3. The van der Waals surface area contributed by atoms with Crippen LogP contribution in [-0.2, 0) is 13.2 Å². The third-order valence-corrected chi connectivity index (χ3v) is 7.54. The summed E-state index contributed by atoms with van der Waals surface area (Å²) in [6.45, 7) is 3.53. The number of hydrogen-bond donors (Lipinski definition) is 1. The number of ether oxygens (including phenoxy) is 2. The summed E-state index contributed by atoms with van der Waals surface area (Å²) in [5, 5.41) is 3.94. The Morgan fingerprint density at radius 3 is 2.24 bits per heavy atom. The zero-order valence-electron chi connectivity index (χ0n) is 17.7. The summed E-state index contributed by atoms with van der Waals surface area (Å²) in [6, 6.07) is 15.5. The van der Waals surface area contributed by atoms with Gasteiger partial charge < -0.3 is 14.8 Å². The maximum Gasteiger partial charge on any atom is 0.166 e. The van der Waals surface area contributed by atoms with Gasteiger partial charge in [-0.2, -0.15) is 0 Å². The molecule has 0 amide bonds. The van der Waals surface area contributed by atoms with E-state index in [9.17, 15) is 0 Å². The van der Waals surface area contributed by atoms with Crippen molar-refractivity contribution in [2.75, 3.05) is 7.11 Å². The second kappa shape index (κ2) is 8.02. The van der Waals surface area contributed by atoms with Crippen molar-refractivity contribution in [1.29, 1.82) is 0 Å². The fourth-order valence-corrected chi connectivity index (χ4v) is 6.35. The van der Waals surface area contributed by atoms with E-state index < -0.39 is 0 Å². The summed E-state index contributed by atoms with van der Waals surface area (Å²) < 4.78 is 11.9. The zero-order chi connectivity index (χ0) is 19.8. The smallest absolute Gasteiger partial charge is 0.166 e. The minimum absolute atomic E-state index is 0.561. The molecule has 0 aromatic heterocycles. The summed E-state index contributed by atoms with van der Waals surface area (Å²) in [6.07, 6.45) is 7.28. The van der Waals surface area contributed by atoms with Gasteiger partial charge in [0.25, 0.3) is 0 Å². The normalized spacial score (nSPS) is 29.8. The molecule has 3 nitrogen and oxygen atoms in total. The molecular formula is C26H33NO2. The molecule has 0 saturated heterocycles. The highest BCUT2D eigenvalue weighted by Crippen LogP contribution is 2.53. The first-order valence-corrected chi connectivity index (χ1v) is 11.3. The van der Waals surface area contributed by atoms with E-state index in [-0.39, 0.29) is 0 Å². The average Bonchev–Trinajstić information content (AvgIpc) is 2.72. The van der Waals surface area contributed by atoms with Gasteiger partial charge >= 0.3 is 0 Å². The average molecular weight is 392 g/mol. The largest absolute Gasteiger partial charge is 0.493 e. The van der Waals surface area contributed by atoms with Crippen LogP contribution in [0, 0.1) is 30.6 Å². The van der Waals surface area contributed by atoms with Crippen molar-refractivity contribution >= 4 is 0 Å². The second-order valence-corrected chi connectivity index (χ2v) is 9.56. The molecule has 3 heteroatoms. The Labute approximate surface area is 174 Å². The summed E-state index contributed by atoms with van der Waals surface area (Å²) in [4.78, 5) is 0. The first-order chi connectivity index (χ1) is 14.2. The summed E-state index contributed by atoms with van der Waals surface area (Å²) in [5.74, 6) is 5.50. The molecule has 1 N–H and O–H groups in total. The van der Waals surface area contributed by atoms with Gasteiger partial charge in [-0.3, -0.25) is 0 Å².